The van der Waals surface area contributed by atoms with E-state index in [4.69, 9.17) is 28.3 Å². The van der Waals surface area contributed by atoms with Gasteiger partial charge in [0, 0.05) is 0 Å². The van der Waals surface area contributed by atoms with Crippen molar-refractivity contribution in [1.82, 2.24) is 9.78 Å². The lowest BCUT2D eigenvalue weighted by atomic mass is 10.4. The second-order valence-electron chi connectivity index (χ2n) is 2.48. The topological polar surface area (TPSA) is 72.2 Å². The lowest BCUT2D eigenvalue weighted by Crippen LogP contribution is -2.24. The summed E-state index contributed by atoms with van der Waals surface area (Å²) in [7, 11) is 0. The molecule has 0 unspecified atom stereocenters. The van der Waals surface area contributed by atoms with Crippen LogP contribution in [0.1, 0.15) is 6.42 Å². The fourth-order valence-corrected chi connectivity index (χ4v) is 1.08. The summed E-state index contributed by atoms with van der Waals surface area (Å²) < 4.78 is 0.961. The minimum absolute atomic E-state index is 0.0228. The molecule has 1 heterocycles. The van der Waals surface area contributed by atoms with E-state index < -0.39 is 11.5 Å². The second kappa shape index (κ2) is 4.43. The third-order valence-corrected chi connectivity index (χ3v) is 2.23. The zero-order chi connectivity index (χ0) is 10.7. The molecule has 0 fully saturated rings. The molecule has 1 aromatic heterocycles. The highest BCUT2D eigenvalue weighted by Gasteiger charge is 2.08. The SMILES string of the molecule is O=C(O)CCn1ncc(Cl)c(Cl)c1=O. The average molecular weight is 237 g/mol. The van der Waals surface area contributed by atoms with Gasteiger partial charge in [0.2, 0.25) is 0 Å². The molecule has 0 amide bonds. The van der Waals surface area contributed by atoms with Crippen molar-refractivity contribution in [3.05, 3.63) is 26.6 Å². The molecule has 0 saturated heterocycles. The predicted octanol–water partition coefficient (Wildman–Crippen LogP) is 1.02. The van der Waals surface area contributed by atoms with Crippen LogP contribution in [0.25, 0.3) is 0 Å². The summed E-state index contributed by atoms with van der Waals surface area (Å²) in [5.41, 5.74) is -0.583. The van der Waals surface area contributed by atoms with Gasteiger partial charge < -0.3 is 5.11 Å². The van der Waals surface area contributed by atoms with E-state index in [-0.39, 0.29) is 23.0 Å². The van der Waals surface area contributed by atoms with Crippen molar-refractivity contribution >= 4 is 29.2 Å². The molecule has 0 radical (unpaired) electrons. The Kier molecular flexibility index (Phi) is 3.49. The van der Waals surface area contributed by atoms with E-state index in [1.165, 1.54) is 6.20 Å². The van der Waals surface area contributed by atoms with Gasteiger partial charge in [-0.3, -0.25) is 9.59 Å². The first-order valence-corrected chi connectivity index (χ1v) is 4.41. The van der Waals surface area contributed by atoms with Gasteiger partial charge in [-0.25, -0.2) is 4.68 Å². The number of aryl methyl sites for hydroxylation is 1. The van der Waals surface area contributed by atoms with Crippen molar-refractivity contribution in [3.63, 3.8) is 0 Å². The Hall–Kier alpha value is -1.07. The van der Waals surface area contributed by atoms with Crippen LogP contribution in [0.4, 0.5) is 0 Å². The maximum absolute atomic E-state index is 11.3. The summed E-state index contributed by atoms with van der Waals surface area (Å²) in [5, 5.41) is 11.9. The van der Waals surface area contributed by atoms with Crippen LogP contribution in [-0.2, 0) is 11.3 Å². The second-order valence-corrected chi connectivity index (χ2v) is 3.26. The van der Waals surface area contributed by atoms with Gasteiger partial charge >= 0.3 is 5.97 Å². The van der Waals surface area contributed by atoms with Crippen molar-refractivity contribution in [1.29, 1.82) is 0 Å². The van der Waals surface area contributed by atoms with E-state index in [9.17, 15) is 9.59 Å². The van der Waals surface area contributed by atoms with Crippen molar-refractivity contribution in [2.24, 2.45) is 0 Å². The molecule has 1 aromatic rings. The Morgan fingerprint density at radius 3 is 2.79 bits per heavy atom. The van der Waals surface area contributed by atoms with Gasteiger partial charge in [-0.15, -0.1) is 0 Å². The lowest BCUT2D eigenvalue weighted by Gasteiger charge is -2.02. The molecule has 0 bridgehead atoms. The Balaban J connectivity index is 2.95. The van der Waals surface area contributed by atoms with Crippen LogP contribution in [0.15, 0.2) is 11.0 Å². The number of hydrogen-bond donors (Lipinski definition) is 1. The molecule has 1 rings (SSSR count). The first-order chi connectivity index (χ1) is 6.52. The molecule has 5 nitrogen and oxygen atoms in total. The summed E-state index contributed by atoms with van der Waals surface area (Å²) in [6, 6.07) is 0. The van der Waals surface area contributed by atoms with Crippen LogP contribution < -0.4 is 5.56 Å². The van der Waals surface area contributed by atoms with Crippen molar-refractivity contribution in [2.45, 2.75) is 13.0 Å². The van der Waals surface area contributed by atoms with Crippen molar-refractivity contribution < 1.29 is 9.90 Å². The number of halogens is 2. The fraction of sp³-hybridized carbons (Fsp3) is 0.286. The van der Waals surface area contributed by atoms with Gasteiger partial charge in [0.1, 0.15) is 5.02 Å². The van der Waals surface area contributed by atoms with Gasteiger partial charge in [-0.1, -0.05) is 23.2 Å². The minimum Gasteiger partial charge on any atom is -0.481 e. The van der Waals surface area contributed by atoms with Gasteiger partial charge in [-0.2, -0.15) is 5.10 Å². The van der Waals surface area contributed by atoms with Crippen LogP contribution in [0.2, 0.25) is 10.0 Å². The van der Waals surface area contributed by atoms with Gasteiger partial charge in [0.25, 0.3) is 5.56 Å². The standard InChI is InChI=1S/C7H6Cl2N2O3/c8-4-3-10-11(2-1-5(12)13)7(14)6(4)9/h3H,1-2H2,(H,12,13). The smallest absolute Gasteiger partial charge is 0.305 e. The number of carboxylic acids is 1. The van der Waals surface area contributed by atoms with E-state index in [0.717, 1.165) is 4.68 Å². The molecule has 7 heteroatoms. The van der Waals surface area contributed by atoms with E-state index in [1.807, 2.05) is 0 Å². The molecule has 0 aliphatic rings. The summed E-state index contributed by atoms with van der Waals surface area (Å²) in [4.78, 5) is 21.5. The molecule has 0 spiro atoms. The van der Waals surface area contributed by atoms with Crippen LogP contribution in [0, 0.1) is 0 Å². The number of aromatic nitrogens is 2. The first-order valence-electron chi connectivity index (χ1n) is 3.65. The number of carboxylic acid groups (broad SMARTS) is 1. The van der Waals surface area contributed by atoms with E-state index in [0.29, 0.717) is 0 Å². The number of aliphatic carboxylic acids is 1. The highest BCUT2D eigenvalue weighted by atomic mass is 35.5. The van der Waals surface area contributed by atoms with E-state index >= 15 is 0 Å². The molecule has 0 atom stereocenters. The fourth-order valence-electron chi connectivity index (χ4n) is 0.806. The number of hydrogen-bond acceptors (Lipinski definition) is 3. The quantitative estimate of drug-likeness (QED) is 0.851. The van der Waals surface area contributed by atoms with Gasteiger partial charge in [-0.05, 0) is 0 Å². The zero-order valence-corrected chi connectivity index (χ0v) is 8.42. The maximum atomic E-state index is 11.3. The van der Waals surface area contributed by atoms with Gasteiger partial charge in [0.05, 0.1) is 24.2 Å². The van der Waals surface area contributed by atoms with Crippen LogP contribution in [0.5, 0.6) is 0 Å². The third-order valence-electron chi connectivity index (χ3n) is 1.48. The van der Waals surface area contributed by atoms with Crippen molar-refractivity contribution in [3.8, 4) is 0 Å². The Morgan fingerprint density at radius 1 is 1.57 bits per heavy atom. The monoisotopic (exact) mass is 236 g/mol. The average Bonchev–Trinajstić information content (AvgIpc) is 2.13. The van der Waals surface area contributed by atoms with Gasteiger partial charge in [0.15, 0.2) is 0 Å². The summed E-state index contributed by atoms with van der Waals surface area (Å²) in [6.07, 6.45) is 1.01. The van der Waals surface area contributed by atoms with E-state index in [1.54, 1.807) is 0 Å². The largest absolute Gasteiger partial charge is 0.481 e. The zero-order valence-electron chi connectivity index (χ0n) is 6.91. The predicted molar refractivity (Wildman–Crippen MR) is 50.8 cm³/mol. The van der Waals surface area contributed by atoms with Crippen LogP contribution in [0.3, 0.4) is 0 Å². The number of carbonyl (C=O) groups is 1. The van der Waals surface area contributed by atoms with Crippen LogP contribution >= 0.6 is 23.2 Å². The summed E-state index contributed by atoms with van der Waals surface area (Å²) in [6.45, 7) is -0.0228. The Morgan fingerprint density at radius 2 is 2.21 bits per heavy atom. The van der Waals surface area contributed by atoms with Crippen LogP contribution in [-0.4, -0.2) is 20.9 Å². The maximum Gasteiger partial charge on any atom is 0.305 e. The number of nitrogens with zero attached hydrogens (tertiary/aromatic N) is 2. The molecule has 14 heavy (non-hydrogen) atoms. The molecular weight excluding hydrogens is 231 g/mol. The van der Waals surface area contributed by atoms with Crippen molar-refractivity contribution in [2.75, 3.05) is 0 Å². The first kappa shape index (κ1) is 11.0. The lowest BCUT2D eigenvalue weighted by molar-refractivity contribution is -0.137. The number of rotatable bonds is 3. The molecular formula is C7H6Cl2N2O3. The molecule has 0 aromatic carbocycles. The Labute approximate surface area is 88.9 Å². The highest BCUT2D eigenvalue weighted by Crippen LogP contribution is 2.14. The third kappa shape index (κ3) is 2.46. The highest BCUT2D eigenvalue weighted by molar-refractivity contribution is 6.41. The molecule has 0 aliphatic carbocycles. The van der Waals surface area contributed by atoms with E-state index in [2.05, 4.69) is 5.10 Å². The minimum atomic E-state index is -1.01. The summed E-state index contributed by atoms with van der Waals surface area (Å²) in [5.74, 6) is -1.01. The Bertz CT molecular complexity index is 416. The molecule has 76 valence electrons. The molecule has 0 aliphatic heterocycles. The molecule has 1 N–H and O–H groups in total. The normalized spacial score (nSPS) is 10.1. The summed E-state index contributed by atoms with van der Waals surface area (Å²) >= 11 is 11.1. The molecule has 0 saturated carbocycles.